The Bertz CT molecular complexity index is 809. The molecule has 8 heteroatoms. The van der Waals surface area contributed by atoms with Crippen molar-refractivity contribution in [1.82, 2.24) is 9.62 Å². The summed E-state index contributed by atoms with van der Waals surface area (Å²) in [6.45, 7) is 0.463. The molecule has 0 spiro atoms. The molecule has 0 bridgehead atoms. The largest absolute Gasteiger partial charge is 0.307 e. The van der Waals surface area contributed by atoms with Crippen LogP contribution in [0.5, 0.6) is 0 Å². The molecule has 130 valence electrons. The van der Waals surface area contributed by atoms with Crippen LogP contribution in [-0.4, -0.2) is 34.0 Å². The average molecular weight is 408 g/mol. The van der Waals surface area contributed by atoms with Gasteiger partial charge in [-0.2, -0.15) is 0 Å². The zero-order valence-electron chi connectivity index (χ0n) is 13.1. The summed E-state index contributed by atoms with van der Waals surface area (Å²) in [5, 5.41) is 1.27. The maximum Gasteiger partial charge on any atom is 0.241 e. The lowest BCUT2D eigenvalue weighted by Crippen LogP contribution is -2.35. The lowest BCUT2D eigenvalue weighted by Gasteiger charge is -2.23. The first-order valence-corrected chi connectivity index (χ1v) is 9.68. The van der Waals surface area contributed by atoms with Crippen molar-refractivity contribution < 1.29 is 8.42 Å². The van der Waals surface area contributed by atoms with Gasteiger partial charge in [0.25, 0.3) is 0 Å². The quantitative estimate of drug-likeness (QED) is 0.779. The molecule has 0 radical (unpaired) electrons. The molecule has 2 aromatic carbocycles. The molecule has 1 atom stereocenters. The summed E-state index contributed by atoms with van der Waals surface area (Å²) in [6.07, 6.45) is 0. The second kappa shape index (κ2) is 8.04. The Morgan fingerprint density at radius 2 is 1.62 bits per heavy atom. The van der Waals surface area contributed by atoms with Crippen LogP contribution in [0.15, 0.2) is 47.4 Å². The SMILES string of the molecule is CN(C)CC(NS(=O)(=O)c1ccc(Cl)cc1)c1ccc(Cl)c(Cl)c1. The Hall–Kier alpha value is -0.820. The fraction of sp³-hybridized carbons (Fsp3) is 0.250. The lowest BCUT2D eigenvalue weighted by molar-refractivity contribution is 0.363. The molecule has 0 aromatic heterocycles. The summed E-state index contributed by atoms with van der Waals surface area (Å²) in [5.41, 5.74) is 0.732. The Morgan fingerprint density at radius 1 is 1.00 bits per heavy atom. The summed E-state index contributed by atoms with van der Waals surface area (Å²) in [5.74, 6) is 0. The van der Waals surface area contributed by atoms with Crippen molar-refractivity contribution in [3.8, 4) is 0 Å². The second-order valence-corrected chi connectivity index (χ2v) is 8.53. The van der Waals surface area contributed by atoms with E-state index in [0.29, 0.717) is 21.6 Å². The van der Waals surface area contributed by atoms with Gasteiger partial charge in [-0.3, -0.25) is 0 Å². The summed E-state index contributed by atoms with van der Waals surface area (Å²) in [4.78, 5) is 2.04. The van der Waals surface area contributed by atoms with Crippen molar-refractivity contribution in [1.29, 1.82) is 0 Å². The van der Waals surface area contributed by atoms with E-state index in [-0.39, 0.29) is 4.90 Å². The van der Waals surface area contributed by atoms with Gasteiger partial charge in [0.15, 0.2) is 0 Å². The van der Waals surface area contributed by atoms with E-state index >= 15 is 0 Å². The number of nitrogens with one attached hydrogen (secondary N) is 1. The van der Waals surface area contributed by atoms with Gasteiger partial charge in [0.1, 0.15) is 0 Å². The fourth-order valence-corrected chi connectivity index (χ4v) is 3.82. The molecule has 0 saturated heterocycles. The third kappa shape index (κ3) is 5.09. The highest BCUT2D eigenvalue weighted by molar-refractivity contribution is 7.89. The van der Waals surface area contributed by atoms with E-state index in [9.17, 15) is 8.42 Å². The van der Waals surface area contributed by atoms with E-state index < -0.39 is 16.1 Å². The molecule has 4 nitrogen and oxygen atoms in total. The van der Waals surface area contributed by atoms with E-state index in [2.05, 4.69) is 4.72 Å². The standard InChI is InChI=1S/C16H17Cl3N2O2S/c1-21(2)10-16(11-3-8-14(18)15(19)9-11)20-24(22,23)13-6-4-12(17)5-7-13/h3-9,16,20H,10H2,1-2H3. The van der Waals surface area contributed by atoms with Crippen LogP contribution in [0.25, 0.3) is 0 Å². The first-order chi connectivity index (χ1) is 11.2. The van der Waals surface area contributed by atoms with Gasteiger partial charge in [-0.25, -0.2) is 13.1 Å². The van der Waals surface area contributed by atoms with Gasteiger partial charge in [0.05, 0.1) is 21.0 Å². The number of halogens is 3. The first-order valence-electron chi connectivity index (χ1n) is 7.06. The lowest BCUT2D eigenvalue weighted by atomic mass is 10.1. The molecule has 0 aliphatic heterocycles. The molecule has 1 N–H and O–H groups in total. The van der Waals surface area contributed by atoms with Crippen LogP contribution >= 0.6 is 34.8 Å². The van der Waals surface area contributed by atoms with Crippen molar-refractivity contribution in [2.24, 2.45) is 0 Å². The molecule has 2 rings (SSSR count). The third-order valence-corrected chi connectivity index (χ3v) is 5.79. The van der Waals surface area contributed by atoms with Crippen LogP contribution < -0.4 is 4.72 Å². The Labute approximate surface area is 157 Å². The van der Waals surface area contributed by atoms with E-state index in [1.165, 1.54) is 24.3 Å². The maximum absolute atomic E-state index is 12.6. The first kappa shape index (κ1) is 19.5. The summed E-state index contributed by atoms with van der Waals surface area (Å²) in [6, 6.07) is 10.6. The van der Waals surface area contributed by atoms with Gasteiger partial charge in [0, 0.05) is 11.6 Å². The highest BCUT2D eigenvalue weighted by Crippen LogP contribution is 2.27. The number of nitrogens with zero attached hydrogens (tertiary/aromatic N) is 1. The maximum atomic E-state index is 12.6. The monoisotopic (exact) mass is 406 g/mol. The third-order valence-electron chi connectivity index (χ3n) is 3.32. The molecule has 0 amide bonds. The number of likely N-dealkylation sites (N-methyl/N-ethyl adjacent to an activating group) is 1. The zero-order chi connectivity index (χ0) is 17.9. The fourth-order valence-electron chi connectivity index (χ4n) is 2.17. The Morgan fingerprint density at radius 3 is 2.17 bits per heavy atom. The van der Waals surface area contributed by atoms with Crippen LogP contribution in [0.1, 0.15) is 11.6 Å². The number of sulfonamides is 1. The second-order valence-electron chi connectivity index (χ2n) is 5.56. The number of benzene rings is 2. The Kier molecular flexibility index (Phi) is 6.53. The molecular formula is C16H17Cl3N2O2S. The smallest absolute Gasteiger partial charge is 0.241 e. The number of hydrogen-bond donors (Lipinski definition) is 1. The van der Waals surface area contributed by atoms with Crippen molar-refractivity contribution >= 4 is 44.8 Å². The predicted molar refractivity (Wildman–Crippen MR) is 99.5 cm³/mol. The van der Waals surface area contributed by atoms with Crippen LogP contribution in [-0.2, 0) is 10.0 Å². The van der Waals surface area contributed by atoms with E-state index in [1.807, 2.05) is 19.0 Å². The van der Waals surface area contributed by atoms with Crippen LogP contribution in [0.2, 0.25) is 15.1 Å². The molecule has 0 fully saturated rings. The van der Waals surface area contributed by atoms with Crippen molar-refractivity contribution in [3.05, 3.63) is 63.1 Å². The van der Waals surface area contributed by atoms with Crippen LogP contribution in [0, 0.1) is 0 Å². The highest BCUT2D eigenvalue weighted by Gasteiger charge is 2.22. The van der Waals surface area contributed by atoms with Crippen molar-refractivity contribution in [2.45, 2.75) is 10.9 Å². The molecular weight excluding hydrogens is 391 g/mol. The van der Waals surface area contributed by atoms with Crippen LogP contribution in [0.3, 0.4) is 0 Å². The summed E-state index contributed by atoms with van der Waals surface area (Å²) < 4.78 is 28.0. The van der Waals surface area contributed by atoms with Gasteiger partial charge in [-0.15, -0.1) is 0 Å². The van der Waals surface area contributed by atoms with Crippen LogP contribution in [0.4, 0.5) is 0 Å². The van der Waals surface area contributed by atoms with Gasteiger partial charge in [-0.1, -0.05) is 40.9 Å². The minimum absolute atomic E-state index is 0.149. The van der Waals surface area contributed by atoms with Gasteiger partial charge < -0.3 is 4.90 Å². The normalized spacial score (nSPS) is 13.2. The molecule has 0 heterocycles. The van der Waals surface area contributed by atoms with E-state index in [4.69, 9.17) is 34.8 Å². The molecule has 0 aliphatic rings. The Balaban J connectivity index is 2.34. The van der Waals surface area contributed by atoms with Crippen molar-refractivity contribution in [2.75, 3.05) is 20.6 Å². The van der Waals surface area contributed by atoms with Gasteiger partial charge >= 0.3 is 0 Å². The van der Waals surface area contributed by atoms with E-state index in [1.54, 1.807) is 18.2 Å². The summed E-state index contributed by atoms with van der Waals surface area (Å²) in [7, 11) is 0.0201. The van der Waals surface area contributed by atoms with Crippen molar-refractivity contribution in [3.63, 3.8) is 0 Å². The average Bonchev–Trinajstić information content (AvgIpc) is 2.49. The minimum Gasteiger partial charge on any atom is -0.307 e. The minimum atomic E-state index is -3.70. The topological polar surface area (TPSA) is 49.4 Å². The molecule has 0 aliphatic carbocycles. The number of hydrogen-bond acceptors (Lipinski definition) is 3. The number of rotatable bonds is 6. The van der Waals surface area contributed by atoms with Gasteiger partial charge in [-0.05, 0) is 56.1 Å². The van der Waals surface area contributed by atoms with E-state index in [0.717, 1.165) is 5.56 Å². The molecule has 0 saturated carbocycles. The molecule has 1 unspecified atom stereocenters. The zero-order valence-corrected chi connectivity index (χ0v) is 16.2. The molecule has 2 aromatic rings. The molecule has 24 heavy (non-hydrogen) atoms. The van der Waals surface area contributed by atoms with Gasteiger partial charge in [0.2, 0.25) is 10.0 Å². The predicted octanol–water partition coefficient (Wildman–Crippen LogP) is 4.23. The highest BCUT2D eigenvalue weighted by atomic mass is 35.5. The summed E-state index contributed by atoms with van der Waals surface area (Å²) >= 11 is 17.8.